The van der Waals surface area contributed by atoms with Crippen molar-refractivity contribution >= 4 is 17.3 Å². The van der Waals surface area contributed by atoms with Crippen LogP contribution in [0, 0.1) is 17.7 Å². The van der Waals surface area contributed by atoms with Crippen molar-refractivity contribution in [2.45, 2.75) is 26.0 Å². The van der Waals surface area contributed by atoms with Crippen LogP contribution in [0.2, 0.25) is 0 Å². The Morgan fingerprint density at radius 3 is 2.61 bits per heavy atom. The van der Waals surface area contributed by atoms with Crippen molar-refractivity contribution < 1.29 is 18.7 Å². The van der Waals surface area contributed by atoms with Gasteiger partial charge in [-0.2, -0.15) is 5.10 Å². The number of aromatic nitrogens is 3. The van der Waals surface area contributed by atoms with E-state index in [4.69, 9.17) is 4.74 Å². The van der Waals surface area contributed by atoms with Gasteiger partial charge in [-0.05, 0) is 50.2 Å². The summed E-state index contributed by atoms with van der Waals surface area (Å²) in [6.45, 7) is 4.83. The number of halogens is 1. The summed E-state index contributed by atoms with van der Waals surface area (Å²) in [6.07, 6.45) is 3.53. The number of likely N-dealkylation sites (tertiary alicyclic amines) is 1. The second-order valence-corrected chi connectivity index (χ2v) is 9.71. The number of rotatable bonds is 6. The van der Waals surface area contributed by atoms with Crippen molar-refractivity contribution in [3.63, 3.8) is 0 Å². The molecule has 3 atom stereocenters. The van der Waals surface area contributed by atoms with E-state index in [1.54, 1.807) is 12.3 Å². The van der Waals surface area contributed by atoms with E-state index in [1.807, 2.05) is 59.7 Å². The molecule has 4 aromatic rings. The molecule has 0 bridgehead atoms. The Labute approximate surface area is 207 Å². The Morgan fingerprint density at radius 1 is 1.11 bits per heavy atom. The van der Waals surface area contributed by atoms with Gasteiger partial charge in [-0.25, -0.2) is 4.39 Å². The van der Waals surface area contributed by atoms with Crippen LogP contribution in [0.1, 0.15) is 34.6 Å². The van der Waals surface area contributed by atoms with Crippen LogP contribution in [0.15, 0.2) is 60.9 Å². The van der Waals surface area contributed by atoms with E-state index in [0.29, 0.717) is 24.4 Å². The lowest BCUT2D eigenvalue weighted by molar-refractivity contribution is 0.0771. The molecule has 1 saturated heterocycles. The Kier molecular flexibility index (Phi) is 5.28. The molecular weight excluding hydrogens is 461 g/mol. The molecule has 1 aliphatic heterocycles. The highest BCUT2D eigenvalue weighted by Crippen LogP contribution is 2.46. The normalized spacial score (nSPS) is 20.6. The fourth-order valence-electron chi connectivity index (χ4n) is 5.26. The first-order valence-electron chi connectivity index (χ1n) is 12.1. The molecule has 0 radical (unpaired) electrons. The lowest BCUT2D eigenvalue weighted by Gasteiger charge is -2.20. The number of carbonyl (C=O) groups is 2. The maximum absolute atomic E-state index is 14.5. The number of carbonyl (C=O) groups excluding carboxylic acids is 2. The molecule has 1 aliphatic carbocycles. The molecule has 2 N–H and O–H groups in total. The maximum Gasteiger partial charge on any atom is 0.256 e. The molecule has 1 saturated carbocycles. The van der Waals surface area contributed by atoms with Crippen molar-refractivity contribution in [2.24, 2.45) is 11.8 Å². The fourth-order valence-corrected chi connectivity index (χ4v) is 5.26. The van der Waals surface area contributed by atoms with E-state index in [0.717, 1.165) is 16.9 Å². The quantitative estimate of drug-likeness (QED) is 0.433. The minimum atomic E-state index is -0.609. The zero-order chi connectivity index (χ0) is 25.0. The summed E-state index contributed by atoms with van der Waals surface area (Å²) >= 11 is 0. The molecule has 9 heteroatoms. The van der Waals surface area contributed by atoms with Gasteiger partial charge in [-0.15, -0.1) is 0 Å². The van der Waals surface area contributed by atoms with Gasteiger partial charge in [0.1, 0.15) is 11.6 Å². The van der Waals surface area contributed by atoms with Gasteiger partial charge in [0.2, 0.25) is 0 Å². The highest BCUT2D eigenvalue weighted by atomic mass is 19.1. The molecule has 36 heavy (non-hydrogen) atoms. The number of aromatic amines is 1. The van der Waals surface area contributed by atoms with Crippen molar-refractivity contribution in [1.82, 2.24) is 24.8 Å². The van der Waals surface area contributed by atoms with Crippen molar-refractivity contribution in [3.8, 4) is 17.1 Å². The molecule has 3 aromatic heterocycles. The second kappa shape index (κ2) is 8.51. The van der Waals surface area contributed by atoms with Gasteiger partial charge in [0, 0.05) is 49.4 Å². The summed E-state index contributed by atoms with van der Waals surface area (Å²) in [6, 6.07) is 13.8. The van der Waals surface area contributed by atoms with Gasteiger partial charge in [0.05, 0.1) is 34.1 Å². The predicted octanol–water partition coefficient (Wildman–Crippen LogP) is 3.76. The van der Waals surface area contributed by atoms with Crippen LogP contribution >= 0.6 is 0 Å². The number of H-pyrrole nitrogens is 1. The van der Waals surface area contributed by atoms with E-state index in [1.165, 1.54) is 12.1 Å². The van der Waals surface area contributed by atoms with Crippen molar-refractivity contribution in [2.75, 3.05) is 13.1 Å². The minimum absolute atomic E-state index is 0.00405. The van der Waals surface area contributed by atoms with Gasteiger partial charge in [-0.1, -0.05) is 6.07 Å². The molecule has 1 aromatic carbocycles. The third kappa shape index (κ3) is 3.80. The number of nitrogens with zero attached hydrogens (tertiary/aromatic N) is 3. The average Bonchev–Trinajstić information content (AvgIpc) is 3.34. The van der Waals surface area contributed by atoms with Crippen LogP contribution in [-0.4, -0.2) is 56.5 Å². The highest BCUT2D eigenvalue weighted by Gasteiger charge is 2.57. The molecule has 2 amide bonds. The molecule has 0 spiro atoms. The number of benzene rings is 1. The molecule has 1 unspecified atom stereocenters. The van der Waals surface area contributed by atoms with Crippen LogP contribution in [0.5, 0.6) is 5.75 Å². The summed E-state index contributed by atoms with van der Waals surface area (Å²) in [5.74, 6) is -0.347. The number of nitrogens with one attached hydrogen (secondary N) is 2. The Hall–Kier alpha value is -4.14. The summed E-state index contributed by atoms with van der Waals surface area (Å²) < 4.78 is 22.0. The first-order chi connectivity index (χ1) is 17.4. The monoisotopic (exact) mass is 487 g/mol. The Morgan fingerprint density at radius 2 is 1.92 bits per heavy atom. The molecule has 2 fully saturated rings. The molecule has 6 rings (SSSR count). The van der Waals surface area contributed by atoms with Gasteiger partial charge in [-0.3, -0.25) is 14.7 Å². The predicted molar refractivity (Wildman–Crippen MR) is 131 cm³/mol. The number of piperidine rings is 1. The van der Waals surface area contributed by atoms with Crippen LogP contribution in [0.4, 0.5) is 4.39 Å². The summed E-state index contributed by atoms with van der Waals surface area (Å²) in [4.78, 5) is 28.0. The summed E-state index contributed by atoms with van der Waals surface area (Å²) in [5.41, 5.74) is 3.16. The van der Waals surface area contributed by atoms with Gasteiger partial charge >= 0.3 is 0 Å². The second-order valence-electron chi connectivity index (χ2n) is 9.71. The van der Waals surface area contributed by atoms with E-state index in [-0.39, 0.29) is 35.5 Å². The lowest BCUT2D eigenvalue weighted by Crippen LogP contribution is -2.37. The van der Waals surface area contributed by atoms with E-state index in [9.17, 15) is 14.0 Å². The van der Waals surface area contributed by atoms with Gasteiger partial charge in [0.25, 0.3) is 11.8 Å². The summed E-state index contributed by atoms with van der Waals surface area (Å²) in [5, 5.41) is 9.95. The lowest BCUT2D eigenvalue weighted by atomic mass is 10.1. The van der Waals surface area contributed by atoms with Crippen LogP contribution < -0.4 is 10.1 Å². The fraction of sp³-hybridized carbons (Fsp3) is 0.296. The van der Waals surface area contributed by atoms with Crippen LogP contribution in [0.25, 0.3) is 16.9 Å². The molecule has 4 heterocycles. The summed E-state index contributed by atoms with van der Waals surface area (Å²) in [7, 11) is 0. The van der Waals surface area contributed by atoms with Crippen molar-refractivity contribution in [3.05, 3.63) is 77.9 Å². The maximum atomic E-state index is 14.5. The number of hydrogen-bond acceptors (Lipinski definition) is 4. The zero-order valence-corrected chi connectivity index (χ0v) is 19.9. The van der Waals surface area contributed by atoms with Crippen LogP contribution in [-0.2, 0) is 0 Å². The number of hydrogen-bond donors (Lipinski definition) is 2. The number of pyridine rings is 1. The molecular formula is C27H26FN5O3. The van der Waals surface area contributed by atoms with E-state index in [2.05, 4.69) is 15.5 Å². The van der Waals surface area contributed by atoms with Gasteiger partial charge in [0.15, 0.2) is 0 Å². The van der Waals surface area contributed by atoms with E-state index < -0.39 is 11.7 Å². The third-order valence-corrected chi connectivity index (χ3v) is 7.02. The average molecular weight is 488 g/mol. The number of amides is 2. The molecule has 2 aliphatic rings. The van der Waals surface area contributed by atoms with Crippen LogP contribution in [0.3, 0.4) is 0 Å². The number of fused-ring (bicyclic) bond motifs is 2. The minimum Gasteiger partial charge on any atom is -0.491 e. The number of ether oxygens (including phenoxy) is 1. The standard InChI is InChI=1S/C27H26FN5O3/c1-15(2)36-16-6-7-17(21(28)11-16)26(34)30-25-19-13-32(14-20(19)25)27(35)18-12-24(22-8-9-29-31-22)33-10-4-3-5-23(18)33/h3-12,15,19-20,25H,13-14H2,1-2H3,(H,29,31)(H,30,34)/t19-,20+,25?. The first-order valence-corrected chi connectivity index (χ1v) is 12.1. The first kappa shape index (κ1) is 22.3. The Bertz CT molecular complexity index is 1450. The van der Waals surface area contributed by atoms with E-state index >= 15 is 0 Å². The largest absolute Gasteiger partial charge is 0.491 e. The highest BCUT2D eigenvalue weighted by molar-refractivity contribution is 6.03. The third-order valence-electron chi connectivity index (χ3n) is 7.02. The van der Waals surface area contributed by atoms with Crippen molar-refractivity contribution in [1.29, 1.82) is 0 Å². The zero-order valence-electron chi connectivity index (χ0n) is 19.9. The molecule has 184 valence electrons. The topological polar surface area (TPSA) is 91.7 Å². The molecule has 8 nitrogen and oxygen atoms in total. The van der Waals surface area contributed by atoms with Gasteiger partial charge < -0.3 is 19.4 Å². The Balaban J connectivity index is 1.13. The SMILES string of the molecule is CC(C)Oc1ccc(C(=O)NC2[C@H]3CN(C(=O)c4cc(-c5ccn[nH]5)n5ccccc45)C[C@@H]23)c(F)c1. The smallest absolute Gasteiger partial charge is 0.256 e.